The molecule has 34 heavy (non-hydrogen) atoms. The van der Waals surface area contributed by atoms with Crippen LogP contribution in [-0.2, 0) is 16.2 Å². The second kappa shape index (κ2) is 9.89. The summed E-state index contributed by atoms with van der Waals surface area (Å²) in [7, 11) is 0. The standard InChI is InChI=1S/C24H15BrCl2N2O5/c25-18-10-13(2-8-21(18)34-12-14-1-7-19(26)20(27)11-14)9-17-22(31)28-24(33)29(23(17)32)15-3-5-16(30)6-4-15/h1-11,30H,12H2,(H,28,31,33)/b17-9+. The molecular weight excluding hydrogens is 547 g/mol. The second-order valence-electron chi connectivity index (χ2n) is 7.20. The van der Waals surface area contributed by atoms with Crippen molar-refractivity contribution < 1.29 is 24.2 Å². The van der Waals surface area contributed by atoms with Gasteiger partial charge in [0.1, 0.15) is 23.7 Å². The second-order valence-corrected chi connectivity index (χ2v) is 8.87. The van der Waals surface area contributed by atoms with E-state index in [1.165, 1.54) is 30.3 Å². The SMILES string of the molecule is O=C1NC(=O)N(c2ccc(O)cc2)C(=O)/C1=C/c1ccc(OCc2ccc(Cl)c(Cl)c2)c(Br)c1. The smallest absolute Gasteiger partial charge is 0.335 e. The average molecular weight is 562 g/mol. The van der Waals surface area contributed by atoms with Gasteiger partial charge in [-0.15, -0.1) is 0 Å². The van der Waals surface area contributed by atoms with Gasteiger partial charge in [-0.05, 0) is 81.7 Å². The third kappa shape index (κ3) is 5.09. The molecule has 0 bridgehead atoms. The highest BCUT2D eigenvalue weighted by Gasteiger charge is 2.36. The van der Waals surface area contributed by atoms with E-state index in [-0.39, 0.29) is 23.6 Å². The van der Waals surface area contributed by atoms with Crippen LogP contribution in [0.1, 0.15) is 11.1 Å². The number of hydrogen-bond acceptors (Lipinski definition) is 5. The lowest BCUT2D eigenvalue weighted by atomic mass is 10.1. The van der Waals surface area contributed by atoms with Crippen LogP contribution in [0.25, 0.3) is 6.08 Å². The molecule has 1 heterocycles. The highest BCUT2D eigenvalue weighted by Crippen LogP contribution is 2.30. The Hall–Kier alpha value is -3.33. The van der Waals surface area contributed by atoms with Gasteiger partial charge in [-0.1, -0.05) is 35.3 Å². The molecule has 4 rings (SSSR count). The van der Waals surface area contributed by atoms with Crippen molar-refractivity contribution in [2.24, 2.45) is 0 Å². The predicted molar refractivity (Wildman–Crippen MR) is 132 cm³/mol. The number of urea groups is 1. The summed E-state index contributed by atoms with van der Waals surface area (Å²) in [4.78, 5) is 38.4. The fourth-order valence-electron chi connectivity index (χ4n) is 3.17. The first-order chi connectivity index (χ1) is 16.2. The largest absolute Gasteiger partial charge is 0.508 e. The van der Waals surface area contributed by atoms with Crippen molar-refractivity contribution in [3.63, 3.8) is 0 Å². The summed E-state index contributed by atoms with van der Waals surface area (Å²) < 4.78 is 6.41. The Labute approximate surface area is 212 Å². The lowest BCUT2D eigenvalue weighted by molar-refractivity contribution is -0.122. The molecule has 172 valence electrons. The maximum Gasteiger partial charge on any atom is 0.335 e. The average Bonchev–Trinajstić information content (AvgIpc) is 2.79. The molecule has 4 amide bonds. The third-order valence-electron chi connectivity index (χ3n) is 4.85. The molecule has 1 aliphatic heterocycles. The third-order valence-corrected chi connectivity index (χ3v) is 6.21. The summed E-state index contributed by atoms with van der Waals surface area (Å²) >= 11 is 15.4. The summed E-state index contributed by atoms with van der Waals surface area (Å²) in [6.45, 7) is 0.251. The van der Waals surface area contributed by atoms with E-state index in [0.717, 1.165) is 10.5 Å². The van der Waals surface area contributed by atoms with E-state index in [1.807, 2.05) is 0 Å². The fraction of sp³-hybridized carbons (Fsp3) is 0.0417. The Morgan fingerprint density at radius 3 is 2.38 bits per heavy atom. The van der Waals surface area contributed by atoms with Crippen LogP contribution in [0.2, 0.25) is 10.0 Å². The van der Waals surface area contributed by atoms with E-state index < -0.39 is 17.8 Å². The molecule has 7 nitrogen and oxygen atoms in total. The van der Waals surface area contributed by atoms with Crippen LogP contribution in [0.15, 0.2) is 70.7 Å². The van der Waals surface area contributed by atoms with Gasteiger partial charge in [0.15, 0.2) is 0 Å². The number of halogens is 3. The number of phenolic OH excluding ortho intramolecular Hbond substituents is 1. The highest BCUT2D eigenvalue weighted by atomic mass is 79.9. The number of hydrogen-bond donors (Lipinski definition) is 2. The first-order valence-electron chi connectivity index (χ1n) is 9.79. The van der Waals surface area contributed by atoms with Gasteiger partial charge in [0.25, 0.3) is 11.8 Å². The topological polar surface area (TPSA) is 95.9 Å². The maximum absolute atomic E-state index is 13.0. The van der Waals surface area contributed by atoms with Gasteiger partial charge < -0.3 is 9.84 Å². The van der Waals surface area contributed by atoms with Crippen molar-refractivity contribution >= 4 is 68.7 Å². The van der Waals surface area contributed by atoms with E-state index >= 15 is 0 Å². The lowest BCUT2D eigenvalue weighted by Crippen LogP contribution is -2.54. The minimum Gasteiger partial charge on any atom is -0.508 e. The predicted octanol–water partition coefficient (Wildman–Crippen LogP) is 5.71. The molecule has 2 N–H and O–H groups in total. The zero-order valence-electron chi connectivity index (χ0n) is 17.2. The van der Waals surface area contributed by atoms with Gasteiger partial charge in [-0.3, -0.25) is 14.9 Å². The number of nitrogens with one attached hydrogen (secondary N) is 1. The Morgan fingerprint density at radius 2 is 1.71 bits per heavy atom. The van der Waals surface area contributed by atoms with E-state index in [1.54, 1.807) is 36.4 Å². The number of aromatic hydroxyl groups is 1. The number of imide groups is 2. The van der Waals surface area contributed by atoms with Gasteiger partial charge in [0, 0.05) is 0 Å². The number of carbonyl (C=O) groups is 3. The van der Waals surface area contributed by atoms with Crippen LogP contribution in [0.4, 0.5) is 10.5 Å². The van der Waals surface area contributed by atoms with Crippen LogP contribution in [0.3, 0.4) is 0 Å². The Kier molecular flexibility index (Phi) is 6.92. The Balaban J connectivity index is 1.55. The minimum absolute atomic E-state index is 0.0215. The van der Waals surface area contributed by atoms with E-state index in [0.29, 0.717) is 25.8 Å². The van der Waals surface area contributed by atoms with Crippen molar-refractivity contribution in [3.8, 4) is 11.5 Å². The molecule has 0 atom stereocenters. The molecule has 3 aromatic rings. The first-order valence-corrected chi connectivity index (χ1v) is 11.3. The summed E-state index contributed by atoms with van der Waals surface area (Å²) in [5.41, 5.74) is 1.36. The Morgan fingerprint density at radius 1 is 0.971 bits per heavy atom. The van der Waals surface area contributed by atoms with Gasteiger partial charge in [0.2, 0.25) is 0 Å². The number of anilines is 1. The number of ether oxygens (including phenoxy) is 1. The number of carbonyl (C=O) groups excluding carboxylic acids is 3. The number of amides is 4. The normalized spacial score (nSPS) is 15.0. The molecule has 0 aliphatic carbocycles. The Bertz CT molecular complexity index is 1340. The monoisotopic (exact) mass is 560 g/mol. The zero-order chi connectivity index (χ0) is 24.4. The minimum atomic E-state index is -0.870. The van der Waals surface area contributed by atoms with Crippen LogP contribution in [0.5, 0.6) is 11.5 Å². The molecule has 0 unspecified atom stereocenters. The molecule has 0 aromatic heterocycles. The van der Waals surface area contributed by atoms with Crippen molar-refractivity contribution in [1.29, 1.82) is 0 Å². The van der Waals surface area contributed by atoms with Crippen molar-refractivity contribution in [2.75, 3.05) is 4.90 Å². The van der Waals surface area contributed by atoms with E-state index in [2.05, 4.69) is 21.2 Å². The number of rotatable bonds is 5. The lowest BCUT2D eigenvalue weighted by Gasteiger charge is -2.26. The molecule has 1 saturated heterocycles. The molecule has 0 radical (unpaired) electrons. The van der Waals surface area contributed by atoms with Crippen molar-refractivity contribution in [3.05, 3.63) is 91.9 Å². The van der Waals surface area contributed by atoms with Gasteiger partial charge >= 0.3 is 6.03 Å². The fourth-order valence-corrected chi connectivity index (χ4v) is 4.01. The van der Waals surface area contributed by atoms with Gasteiger partial charge in [-0.25, -0.2) is 9.69 Å². The summed E-state index contributed by atoms with van der Waals surface area (Å²) in [6, 6.07) is 14.8. The molecule has 0 saturated carbocycles. The summed E-state index contributed by atoms with van der Waals surface area (Å²) in [5, 5.41) is 12.5. The number of benzene rings is 3. The molecule has 1 fully saturated rings. The summed E-state index contributed by atoms with van der Waals surface area (Å²) in [6.07, 6.45) is 1.38. The maximum atomic E-state index is 13.0. The number of nitrogens with zero attached hydrogens (tertiary/aromatic N) is 1. The molecule has 10 heteroatoms. The number of barbiturate groups is 1. The quantitative estimate of drug-likeness (QED) is 0.307. The number of phenols is 1. The van der Waals surface area contributed by atoms with Crippen LogP contribution in [-0.4, -0.2) is 23.0 Å². The van der Waals surface area contributed by atoms with E-state index in [4.69, 9.17) is 27.9 Å². The van der Waals surface area contributed by atoms with Crippen molar-refractivity contribution in [1.82, 2.24) is 5.32 Å². The van der Waals surface area contributed by atoms with Gasteiger partial charge in [0.05, 0.1) is 20.2 Å². The van der Waals surface area contributed by atoms with E-state index in [9.17, 15) is 19.5 Å². The first kappa shape index (κ1) is 23.8. The molecular formula is C24H15BrCl2N2O5. The van der Waals surface area contributed by atoms with Crippen LogP contribution >= 0.6 is 39.1 Å². The molecule has 1 aliphatic rings. The zero-order valence-corrected chi connectivity index (χ0v) is 20.3. The molecule has 3 aromatic carbocycles. The van der Waals surface area contributed by atoms with Crippen molar-refractivity contribution in [2.45, 2.75) is 6.61 Å². The van der Waals surface area contributed by atoms with Gasteiger partial charge in [-0.2, -0.15) is 0 Å². The van der Waals surface area contributed by atoms with Crippen LogP contribution in [0, 0.1) is 0 Å². The molecule has 0 spiro atoms. The highest BCUT2D eigenvalue weighted by molar-refractivity contribution is 9.10. The summed E-state index contributed by atoms with van der Waals surface area (Å²) in [5.74, 6) is -1.07. The van der Waals surface area contributed by atoms with Crippen LogP contribution < -0.4 is 15.0 Å².